The van der Waals surface area contributed by atoms with Gasteiger partial charge in [-0.15, -0.1) is 10.2 Å². The van der Waals surface area contributed by atoms with E-state index in [0.717, 1.165) is 32.9 Å². The molecule has 0 spiro atoms. The minimum Gasteiger partial charge on any atom is -0.326 e. The fourth-order valence-corrected chi connectivity index (χ4v) is 2.80. The van der Waals surface area contributed by atoms with Crippen LogP contribution in [0.15, 0.2) is 23.4 Å². The lowest BCUT2D eigenvalue weighted by molar-refractivity contribution is 0.765. The molecule has 0 saturated heterocycles. The summed E-state index contributed by atoms with van der Waals surface area (Å²) in [6.07, 6.45) is 0. The Labute approximate surface area is 116 Å². The van der Waals surface area contributed by atoms with E-state index in [0.29, 0.717) is 6.54 Å². The highest BCUT2D eigenvalue weighted by Crippen LogP contribution is 2.26. The second-order valence-corrected chi connectivity index (χ2v) is 5.36. The van der Waals surface area contributed by atoms with Crippen LogP contribution in [0.1, 0.15) is 17.0 Å². The zero-order valence-electron chi connectivity index (χ0n) is 10.4. The molecule has 0 fully saturated rings. The molecular weight excluding hydrogens is 268 g/mol. The molecule has 2 N–H and O–H groups in total. The number of aryl methyl sites for hydroxylation is 1. The van der Waals surface area contributed by atoms with Gasteiger partial charge in [-0.3, -0.25) is 0 Å². The molecule has 96 valence electrons. The van der Waals surface area contributed by atoms with Gasteiger partial charge in [-0.1, -0.05) is 35.5 Å². The molecular formula is C12H15ClN4S. The van der Waals surface area contributed by atoms with E-state index in [-0.39, 0.29) is 0 Å². The molecule has 0 saturated carbocycles. The predicted molar refractivity (Wildman–Crippen MR) is 74.6 cm³/mol. The fourth-order valence-electron chi connectivity index (χ4n) is 1.49. The Hall–Kier alpha value is -1.04. The van der Waals surface area contributed by atoms with Crippen LogP contribution in [0, 0.1) is 6.92 Å². The first-order valence-corrected chi connectivity index (χ1v) is 6.94. The van der Waals surface area contributed by atoms with Gasteiger partial charge < -0.3 is 10.3 Å². The monoisotopic (exact) mass is 282 g/mol. The SMILES string of the molecule is Cc1nnc(SCc2ccc(CN)cc2Cl)n1C. The molecule has 0 aliphatic rings. The van der Waals surface area contributed by atoms with E-state index in [1.165, 1.54) is 0 Å². The summed E-state index contributed by atoms with van der Waals surface area (Å²) >= 11 is 7.83. The minimum absolute atomic E-state index is 0.510. The Kier molecular flexibility index (Phi) is 4.27. The normalized spacial score (nSPS) is 10.9. The third kappa shape index (κ3) is 2.85. The molecule has 1 aromatic heterocycles. The van der Waals surface area contributed by atoms with Crippen molar-refractivity contribution in [1.29, 1.82) is 0 Å². The molecule has 0 radical (unpaired) electrons. The van der Waals surface area contributed by atoms with E-state index in [1.54, 1.807) is 11.8 Å². The van der Waals surface area contributed by atoms with Crippen molar-refractivity contribution in [3.8, 4) is 0 Å². The predicted octanol–water partition coefficient (Wildman–Crippen LogP) is 2.53. The first kappa shape index (κ1) is 13.4. The number of hydrogen-bond donors (Lipinski definition) is 1. The Morgan fingerprint density at radius 2 is 2.17 bits per heavy atom. The lowest BCUT2D eigenvalue weighted by Gasteiger charge is -2.06. The van der Waals surface area contributed by atoms with Crippen molar-refractivity contribution in [2.45, 2.75) is 24.4 Å². The summed E-state index contributed by atoms with van der Waals surface area (Å²) in [5.41, 5.74) is 7.70. The largest absolute Gasteiger partial charge is 0.326 e. The smallest absolute Gasteiger partial charge is 0.191 e. The van der Waals surface area contributed by atoms with Crippen LogP contribution in [0.25, 0.3) is 0 Å². The number of halogens is 1. The Morgan fingerprint density at radius 3 is 2.72 bits per heavy atom. The summed E-state index contributed by atoms with van der Waals surface area (Å²) in [7, 11) is 1.96. The van der Waals surface area contributed by atoms with E-state index in [9.17, 15) is 0 Å². The second-order valence-electron chi connectivity index (χ2n) is 4.01. The molecule has 0 amide bonds. The van der Waals surface area contributed by atoms with Gasteiger partial charge in [0, 0.05) is 24.4 Å². The van der Waals surface area contributed by atoms with Crippen LogP contribution in [0.4, 0.5) is 0 Å². The van der Waals surface area contributed by atoms with Crippen molar-refractivity contribution in [2.75, 3.05) is 0 Å². The number of nitrogens with zero attached hydrogens (tertiary/aromatic N) is 3. The van der Waals surface area contributed by atoms with Gasteiger partial charge in [-0.05, 0) is 24.1 Å². The van der Waals surface area contributed by atoms with Gasteiger partial charge in [0.1, 0.15) is 5.82 Å². The topological polar surface area (TPSA) is 56.7 Å². The van der Waals surface area contributed by atoms with Crippen LogP contribution < -0.4 is 5.73 Å². The molecule has 0 atom stereocenters. The number of aromatic nitrogens is 3. The summed E-state index contributed by atoms with van der Waals surface area (Å²) in [5, 5.41) is 9.78. The van der Waals surface area contributed by atoms with E-state index in [2.05, 4.69) is 10.2 Å². The molecule has 1 heterocycles. The average Bonchev–Trinajstić information content (AvgIpc) is 2.68. The van der Waals surface area contributed by atoms with Crippen molar-refractivity contribution < 1.29 is 0 Å². The first-order valence-electron chi connectivity index (χ1n) is 5.58. The van der Waals surface area contributed by atoms with E-state index in [4.69, 9.17) is 17.3 Å². The number of nitrogens with two attached hydrogens (primary N) is 1. The van der Waals surface area contributed by atoms with Gasteiger partial charge in [0.25, 0.3) is 0 Å². The lowest BCUT2D eigenvalue weighted by atomic mass is 10.1. The molecule has 6 heteroatoms. The maximum absolute atomic E-state index is 6.21. The highest BCUT2D eigenvalue weighted by atomic mass is 35.5. The maximum Gasteiger partial charge on any atom is 0.191 e. The van der Waals surface area contributed by atoms with Gasteiger partial charge in [-0.2, -0.15) is 0 Å². The molecule has 1 aromatic carbocycles. The highest BCUT2D eigenvalue weighted by molar-refractivity contribution is 7.98. The third-order valence-electron chi connectivity index (χ3n) is 2.76. The summed E-state index contributed by atoms with van der Waals surface area (Å²) in [6, 6.07) is 5.93. The van der Waals surface area contributed by atoms with Gasteiger partial charge in [-0.25, -0.2) is 0 Å². The van der Waals surface area contributed by atoms with Crippen LogP contribution in [0.5, 0.6) is 0 Å². The molecule has 0 bridgehead atoms. The van der Waals surface area contributed by atoms with Crippen molar-refractivity contribution >= 4 is 23.4 Å². The van der Waals surface area contributed by atoms with Crippen molar-refractivity contribution in [2.24, 2.45) is 12.8 Å². The highest BCUT2D eigenvalue weighted by Gasteiger charge is 2.07. The second kappa shape index (κ2) is 5.73. The number of rotatable bonds is 4. The summed E-state index contributed by atoms with van der Waals surface area (Å²) < 4.78 is 1.97. The quantitative estimate of drug-likeness (QED) is 0.876. The minimum atomic E-state index is 0.510. The Balaban J connectivity index is 2.08. The first-order chi connectivity index (χ1) is 8.61. The van der Waals surface area contributed by atoms with Crippen LogP contribution in [-0.2, 0) is 19.3 Å². The summed E-state index contributed by atoms with van der Waals surface area (Å²) in [4.78, 5) is 0. The molecule has 0 aliphatic heterocycles. The van der Waals surface area contributed by atoms with Crippen molar-refractivity contribution in [3.63, 3.8) is 0 Å². The summed E-state index contributed by atoms with van der Waals surface area (Å²) in [5.74, 6) is 1.68. The van der Waals surface area contributed by atoms with E-state index in [1.807, 2.05) is 36.7 Å². The van der Waals surface area contributed by atoms with E-state index >= 15 is 0 Å². The van der Waals surface area contributed by atoms with Crippen LogP contribution in [-0.4, -0.2) is 14.8 Å². The Morgan fingerprint density at radius 1 is 1.39 bits per heavy atom. The lowest BCUT2D eigenvalue weighted by Crippen LogP contribution is -1.97. The number of hydrogen-bond acceptors (Lipinski definition) is 4. The summed E-state index contributed by atoms with van der Waals surface area (Å²) in [6.45, 7) is 2.44. The number of thioether (sulfide) groups is 1. The molecule has 4 nitrogen and oxygen atoms in total. The van der Waals surface area contributed by atoms with Crippen molar-refractivity contribution in [1.82, 2.24) is 14.8 Å². The maximum atomic E-state index is 6.21. The fraction of sp³-hybridized carbons (Fsp3) is 0.333. The zero-order chi connectivity index (χ0) is 13.1. The molecule has 0 unspecified atom stereocenters. The van der Waals surface area contributed by atoms with Gasteiger partial charge in [0.15, 0.2) is 5.16 Å². The average molecular weight is 283 g/mol. The van der Waals surface area contributed by atoms with Gasteiger partial charge in [0.2, 0.25) is 0 Å². The van der Waals surface area contributed by atoms with Gasteiger partial charge in [0.05, 0.1) is 0 Å². The van der Waals surface area contributed by atoms with Crippen LogP contribution in [0.3, 0.4) is 0 Å². The Bertz CT molecular complexity index is 553. The molecule has 2 aromatic rings. The van der Waals surface area contributed by atoms with Crippen molar-refractivity contribution in [3.05, 3.63) is 40.2 Å². The van der Waals surface area contributed by atoms with Crippen LogP contribution in [0.2, 0.25) is 5.02 Å². The van der Waals surface area contributed by atoms with Crippen LogP contribution >= 0.6 is 23.4 Å². The van der Waals surface area contributed by atoms with Gasteiger partial charge >= 0.3 is 0 Å². The molecule has 2 rings (SSSR count). The molecule has 18 heavy (non-hydrogen) atoms. The standard InChI is InChI=1S/C12H15ClN4S/c1-8-15-16-12(17(8)2)18-7-10-4-3-9(6-14)5-11(10)13/h3-5H,6-7,14H2,1-2H3. The number of benzene rings is 1. The zero-order valence-corrected chi connectivity index (χ0v) is 11.9. The molecule has 0 aliphatic carbocycles. The van der Waals surface area contributed by atoms with E-state index < -0.39 is 0 Å². The third-order valence-corrected chi connectivity index (χ3v) is 4.18.